The van der Waals surface area contributed by atoms with Gasteiger partial charge in [0, 0.05) is 37.4 Å². The molecule has 2 aromatic rings. The molecular weight excluding hydrogens is 293 g/mol. The minimum Gasteiger partial charge on any atom is -0.368 e. The van der Waals surface area contributed by atoms with Gasteiger partial charge in [0.2, 0.25) is 0 Å². The first-order chi connectivity index (χ1) is 11.0. The Morgan fingerprint density at radius 1 is 1.00 bits per heavy atom. The van der Waals surface area contributed by atoms with Crippen LogP contribution in [0.5, 0.6) is 0 Å². The Kier molecular flexibility index (Phi) is 4.28. The number of ketones is 1. The maximum atomic E-state index is 13.0. The number of hydrogen-bond acceptors (Lipinski definition) is 4. The summed E-state index contributed by atoms with van der Waals surface area (Å²) in [5, 5.41) is 0. The molecule has 1 aromatic carbocycles. The number of carbonyl (C=O) groups excluding carboxylic acids is 1. The Bertz CT molecular complexity index is 707. The summed E-state index contributed by atoms with van der Waals surface area (Å²) in [5.74, 6) is 0.742. The van der Waals surface area contributed by atoms with Gasteiger partial charge in [-0.3, -0.25) is 4.79 Å². The van der Waals surface area contributed by atoms with Crippen LogP contribution in [0.15, 0.2) is 36.4 Å². The SMILES string of the molecule is CC(=O)c1ccc(N2CCN(c3ccc(F)cc3)CC2)nc1C. The third kappa shape index (κ3) is 3.33. The highest BCUT2D eigenvalue weighted by molar-refractivity contribution is 5.95. The van der Waals surface area contributed by atoms with Gasteiger partial charge in [-0.15, -0.1) is 0 Å². The molecule has 0 saturated carbocycles. The van der Waals surface area contributed by atoms with Crippen LogP contribution in [0.25, 0.3) is 0 Å². The predicted octanol–water partition coefficient (Wildman–Crippen LogP) is 3.06. The molecule has 1 aliphatic rings. The molecule has 0 radical (unpaired) electrons. The highest BCUT2D eigenvalue weighted by atomic mass is 19.1. The fourth-order valence-electron chi connectivity index (χ4n) is 2.94. The quantitative estimate of drug-likeness (QED) is 0.816. The summed E-state index contributed by atoms with van der Waals surface area (Å²) in [6, 6.07) is 10.4. The third-order valence-electron chi connectivity index (χ3n) is 4.25. The van der Waals surface area contributed by atoms with E-state index in [9.17, 15) is 9.18 Å². The monoisotopic (exact) mass is 313 g/mol. The topological polar surface area (TPSA) is 36.4 Å². The second-order valence-electron chi connectivity index (χ2n) is 5.81. The lowest BCUT2D eigenvalue weighted by Gasteiger charge is -2.36. The molecule has 5 heteroatoms. The summed E-state index contributed by atoms with van der Waals surface area (Å²) < 4.78 is 13.0. The lowest BCUT2D eigenvalue weighted by atomic mass is 10.1. The summed E-state index contributed by atoms with van der Waals surface area (Å²) in [6.07, 6.45) is 0. The summed E-state index contributed by atoms with van der Waals surface area (Å²) in [7, 11) is 0. The molecule has 120 valence electrons. The standard InChI is InChI=1S/C18H20FN3O/c1-13-17(14(2)23)7-8-18(20-13)22-11-9-21(10-12-22)16-5-3-15(19)4-6-16/h3-8H,9-12H2,1-2H3. The van der Waals surface area contributed by atoms with E-state index in [1.54, 1.807) is 6.92 Å². The van der Waals surface area contributed by atoms with Crippen LogP contribution in [-0.2, 0) is 0 Å². The fourth-order valence-corrected chi connectivity index (χ4v) is 2.94. The second-order valence-corrected chi connectivity index (χ2v) is 5.81. The van der Waals surface area contributed by atoms with Crippen molar-refractivity contribution in [1.29, 1.82) is 0 Å². The number of aromatic nitrogens is 1. The van der Waals surface area contributed by atoms with Crippen LogP contribution in [0.3, 0.4) is 0 Å². The van der Waals surface area contributed by atoms with Gasteiger partial charge in [0.1, 0.15) is 11.6 Å². The normalized spacial score (nSPS) is 14.9. The maximum Gasteiger partial charge on any atom is 0.161 e. The molecule has 2 heterocycles. The van der Waals surface area contributed by atoms with Crippen LogP contribution in [0.1, 0.15) is 23.0 Å². The molecule has 3 rings (SSSR count). The number of halogens is 1. The summed E-state index contributed by atoms with van der Waals surface area (Å²) in [4.78, 5) is 20.5. The molecule has 4 nitrogen and oxygen atoms in total. The maximum absolute atomic E-state index is 13.0. The van der Waals surface area contributed by atoms with Crippen LogP contribution in [0.2, 0.25) is 0 Å². The van der Waals surface area contributed by atoms with Crippen LogP contribution in [0.4, 0.5) is 15.9 Å². The van der Waals surface area contributed by atoms with Crippen molar-refractivity contribution < 1.29 is 9.18 Å². The fraction of sp³-hybridized carbons (Fsp3) is 0.333. The van der Waals surface area contributed by atoms with Crippen molar-refractivity contribution in [3.8, 4) is 0 Å². The smallest absolute Gasteiger partial charge is 0.161 e. The van der Waals surface area contributed by atoms with E-state index in [1.807, 2.05) is 31.2 Å². The average molecular weight is 313 g/mol. The number of carbonyl (C=O) groups is 1. The molecule has 0 aliphatic carbocycles. The zero-order chi connectivity index (χ0) is 16.4. The predicted molar refractivity (Wildman–Crippen MR) is 89.8 cm³/mol. The van der Waals surface area contributed by atoms with Gasteiger partial charge in [0.15, 0.2) is 5.78 Å². The number of benzene rings is 1. The van der Waals surface area contributed by atoms with Gasteiger partial charge in [0.05, 0.1) is 5.69 Å². The molecule has 0 spiro atoms. The summed E-state index contributed by atoms with van der Waals surface area (Å²) >= 11 is 0. The van der Waals surface area contributed by atoms with Gasteiger partial charge in [-0.05, 0) is 50.2 Å². The number of pyridine rings is 1. The van der Waals surface area contributed by atoms with Gasteiger partial charge < -0.3 is 9.80 Å². The Morgan fingerprint density at radius 2 is 1.61 bits per heavy atom. The average Bonchev–Trinajstić information content (AvgIpc) is 2.55. The van der Waals surface area contributed by atoms with Crippen molar-refractivity contribution in [2.75, 3.05) is 36.0 Å². The van der Waals surface area contributed by atoms with Crippen LogP contribution < -0.4 is 9.80 Å². The zero-order valence-electron chi connectivity index (χ0n) is 13.4. The molecule has 0 unspecified atom stereocenters. The second kappa shape index (κ2) is 6.36. The first-order valence-corrected chi connectivity index (χ1v) is 7.78. The van der Waals surface area contributed by atoms with Crippen molar-refractivity contribution in [3.05, 3.63) is 53.5 Å². The molecule has 1 saturated heterocycles. The van der Waals surface area contributed by atoms with Gasteiger partial charge in [0.25, 0.3) is 0 Å². The van der Waals surface area contributed by atoms with Crippen molar-refractivity contribution in [2.24, 2.45) is 0 Å². The van der Waals surface area contributed by atoms with Crippen molar-refractivity contribution >= 4 is 17.3 Å². The number of Topliss-reactive ketones (excluding diaryl/α,β-unsaturated/α-hetero) is 1. The minimum absolute atomic E-state index is 0.0441. The summed E-state index contributed by atoms with van der Waals surface area (Å²) in [6.45, 7) is 6.86. The van der Waals surface area contributed by atoms with Crippen LogP contribution in [-0.4, -0.2) is 36.9 Å². The van der Waals surface area contributed by atoms with Crippen molar-refractivity contribution in [1.82, 2.24) is 4.98 Å². The van der Waals surface area contributed by atoms with E-state index < -0.39 is 0 Å². The Labute approximate surface area is 135 Å². The number of hydrogen-bond donors (Lipinski definition) is 0. The zero-order valence-corrected chi connectivity index (χ0v) is 13.4. The van der Waals surface area contributed by atoms with Crippen molar-refractivity contribution in [3.63, 3.8) is 0 Å². The van der Waals surface area contributed by atoms with E-state index in [0.717, 1.165) is 43.4 Å². The number of nitrogens with zero attached hydrogens (tertiary/aromatic N) is 3. The lowest BCUT2D eigenvalue weighted by Crippen LogP contribution is -2.46. The van der Waals surface area contributed by atoms with Gasteiger partial charge in [-0.25, -0.2) is 9.37 Å². The van der Waals surface area contributed by atoms with E-state index in [2.05, 4.69) is 14.8 Å². The van der Waals surface area contributed by atoms with E-state index in [0.29, 0.717) is 5.56 Å². The van der Waals surface area contributed by atoms with E-state index in [4.69, 9.17) is 0 Å². The Balaban J connectivity index is 1.68. The number of aryl methyl sites for hydroxylation is 1. The lowest BCUT2D eigenvalue weighted by molar-refractivity contribution is 0.101. The minimum atomic E-state index is -0.211. The number of piperazine rings is 1. The Morgan fingerprint density at radius 3 is 2.17 bits per heavy atom. The van der Waals surface area contributed by atoms with Crippen molar-refractivity contribution in [2.45, 2.75) is 13.8 Å². The number of anilines is 2. The van der Waals surface area contributed by atoms with E-state index in [1.165, 1.54) is 12.1 Å². The van der Waals surface area contributed by atoms with Crippen LogP contribution >= 0.6 is 0 Å². The molecule has 0 atom stereocenters. The molecule has 1 aliphatic heterocycles. The molecule has 0 bridgehead atoms. The van der Waals surface area contributed by atoms with Gasteiger partial charge >= 0.3 is 0 Å². The van der Waals surface area contributed by atoms with E-state index in [-0.39, 0.29) is 11.6 Å². The highest BCUT2D eigenvalue weighted by Gasteiger charge is 2.19. The molecular formula is C18H20FN3O. The van der Waals surface area contributed by atoms with Gasteiger partial charge in [-0.1, -0.05) is 0 Å². The molecule has 1 fully saturated rings. The van der Waals surface area contributed by atoms with Gasteiger partial charge in [-0.2, -0.15) is 0 Å². The largest absolute Gasteiger partial charge is 0.368 e. The first-order valence-electron chi connectivity index (χ1n) is 7.78. The molecule has 0 N–H and O–H groups in total. The summed E-state index contributed by atoms with van der Waals surface area (Å²) in [5.41, 5.74) is 2.50. The van der Waals surface area contributed by atoms with Crippen LogP contribution in [0, 0.1) is 12.7 Å². The molecule has 0 amide bonds. The Hall–Kier alpha value is -2.43. The molecule has 1 aromatic heterocycles. The first kappa shape index (κ1) is 15.5. The van der Waals surface area contributed by atoms with E-state index >= 15 is 0 Å². The number of rotatable bonds is 3. The molecule has 23 heavy (non-hydrogen) atoms. The highest BCUT2D eigenvalue weighted by Crippen LogP contribution is 2.21. The third-order valence-corrected chi connectivity index (χ3v) is 4.25.